The van der Waals surface area contributed by atoms with E-state index in [-0.39, 0.29) is 0 Å². The lowest BCUT2D eigenvalue weighted by Crippen LogP contribution is -2.13. The van der Waals surface area contributed by atoms with Crippen molar-refractivity contribution in [3.63, 3.8) is 0 Å². The van der Waals surface area contributed by atoms with Crippen LogP contribution in [-0.4, -0.2) is 22.2 Å². The zero-order valence-corrected chi connectivity index (χ0v) is 14.9. The summed E-state index contributed by atoms with van der Waals surface area (Å²) in [5.74, 6) is 1.26. The fourth-order valence-corrected chi connectivity index (χ4v) is 2.81. The normalized spacial score (nSPS) is 10.5. The fraction of sp³-hybridized carbons (Fsp3) is 0.250. The van der Waals surface area contributed by atoms with Gasteiger partial charge in [-0.1, -0.05) is 50.2 Å². The van der Waals surface area contributed by atoms with Crippen molar-refractivity contribution in [2.75, 3.05) is 17.3 Å². The van der Waals surface area contributed by atoms with Crippen LogP contribution in [0.4, 0.5) is 23.1 Å². The molecule has 0 radical (unpaired) electrons. The molecule has 5 nitrogen and oxygen atoms in total. The number of anilines is 4. The second kappa shape index (κ2) is 7.75. The van der Waals surface area contributed by atoms with Crippen molar-refractivity contribution in [1.29, 1.82) is 0 Å². The SMILES string of the molecule is CCc1cccc(CC)c1Nc1nncc(N(C)c2ccccc2)n1. The highest BCUT2D eigenvalue weighted by Gasteiger charge is 2.11. The number of hydrogen-bond donors (Lipinski definition) is 1. The van der Waals surface area contributed by atoms with E-state index in [9.17, 15) is 0 Å². The van der Waals surface area contributed by atoms with Gasteiger partial charge in [-0.3, -0.25) is 0 Å². The molecule has 1 N–H and O–H groups in total. The molecule has 1 aromatic heterocycles. The Balaban J connectivity index is 1.91. The number of aryl methyl sites for hydroxylation is 2. The Morgan fingerprint density at radius 1 is 0.920 bits per heavy atom. The van der Waals surface area contributed by atoms with Crippen molar-refractivity contribution >= 4 is 23.1 Å². The summed E-state index contributed by atoms with van der Waals surface area (Å²) in [6, 6.07) is 16.4. The third kappa shape index (κ3) is 3.76. The van der Waals surface area contributed by atoms with Crippen molar-refractivity contribution in [2.24, 2.45) is 0 Å². The van der Waals surface area contributed by atoms with E-state index in [1.807, 2.05) is 42.3 Å². The Morgan fingerprint density at radius 3 is 2.24 bits per heavy atom. The van der Waals surface area contributed by atoms with Gasteiger partial charge in [-0.15, -0.1) is 5.10 Å². The summed E-state index contributed by atoms with van der Waals surface area (Å²) in [6.07, 6.45) is 3.57. The molecule has 25 heavy (non-hydrogen) atoms. The van der Waals surface area contributed by atoms with Gasteiger partial charge in [-0.25, -0.2) is 0 Å². The monoisotopic (exact) mass is 333 g/mol. The second-order valence-electron chi connectivity index (χ2n) is 5.82. The molecule has 3 rings (SSSR count). The van der Waals surface area contributed by atoms with Gasteiger partial charge in [0.15, 0.2) is 5.82 Å². The highest BCUT2D eigenvalue weighted by molar-refractivity contribution is 5.65. The molecule has 2 aromatic carbocycles. The first-order valence-electron chi connectivity index (χ1n) is 8.59. The molecule has 5 heteroatoms. The van der Waals surface area contributed by atoms with Gasteiger partial charge in [-0.2, -0.15) is 10.1 Å². The van der Waals surface area contributed by atoms with Crippen LogP contribution in [0.1, 0.15) is 25.0 Å². The molecule has 0 unspecified atom stereocenters. The van der Waals surface area contributed by atoms with Gasteiger partial charge in [-0.05, 0) is 36.1 Å². The predicted octanol–water partition coefficient (Wildman–Crippen LogP) is 4.51. The van der Waals surface area contributed by atoms with Crippen LogP contribution in [-0.2, 0) is 12.8 Å². The van der Waals surface area contributed by atoms with E-state index in [4.69, 9.17) is 0 Å². The van der Waals surface area contributed by atoms with Gasteiger partial charge in [0.25, 0.3) is 0 Å². The van der Waals surface area contributed by atoms with Gasteiger partial charge in [0.1, 0.15) is 0 Å². The first kappa shape index (κ1) is 16.9. The number of rotatable bonds is 6. The standard InChI is InChI=1S/C20H23N5/c1-4-15-10-9-11-16(5-2)19(15)23-20-22-18(14-21-24-20)25(3)17-12-7-6-8-13-17/h6-14H,4-5H2,1-3H3,(H,22,23,24). The average Bonchev–Trinajstić information content (AvgIpc) is 2.68. The van der Waals surface area contributed by atoms with E-state index in [0.717, 1.165) is 30.0 Å². The lowest BCUT2D eigenvalue weighted by atomic mass is 10.0. The van der Waals surface area contributed by atoms with Crippen LogP contribution in [0.2, 0.25) is 0 Å². The number of nitrogens with zero attached hydrogens (tertiary/aromatic N) is 4. The maximum Gasteiger partial charge on any atom is 0.249 e. The van der Waals surface area contributed by atoms with Crippen molar-refractivity contribution in [2.45, 2.75) is 26.7 Å². The van der Waals surface area contributed by atoms with Crippen molar-refractivity contribution in [1.82, 2.24) is 15.2 Å². The van der Waals surface area contributed by atoms with Crippen LogP contribution in [0.5, 0.6) is 0 Å². The van der Waals surface area contributed by atoms with Gasteiger partial charge in [0.05, 0.1) is 6.20 Å². The zero-order valence-electron chi connectivity index (χ0n) is 14.9. The maximum absolute atomic E-state index is 4.64. The smallest absolute Gasteiger partial charge is 0.249 e. The summed E-state index contributed by atoms with van der Waals surface area (Å²) in [7, 11) is 1.97. The lowest BCUT2D eigenvalue weighted by Gasteiger charge is -2.19. The van der Waals surface area contributed by atoms with Crippen LogP contribution in [0.3, 0.4) is 0 Å². The fourth-order valence-electron chi connectivity index (χ4n) is 2.81. The van der Waals surface area contributed by atoms with Gasteiger partial charge in [0, 0.05) is 18.4 Å². The summed E-state index contributed by atoms with van der Waals surface area (Å²) in [6.45, 7) is 4.30. The van der Waals surface area contributed by atoms with Gasteiger partial charge < -0.3 is 10.2 Å². The van der Waals surface area contributed by atoms with Crippen molar-refractivity contribution in [3.05, 3.63) is 65.9 Å². The quantitative estimate of drug-likeness (QED) is 0.719. The molecule has 0 bridgehead atoms. The maximum atomic E-state index is 4.64. The number of aromatic nitrogens is 3. The first-order chi connectivity index (χ1) is 12.2. The molecule has 0 aliphatic heterocycles. The molecule has 0 spiro atoms. The minimum atomic E-state index is 0.510. The molecule has 1 heterocycles. The Labute approximate surface area is 148 Å². The summed E-state index contributed by atoms with van der Waals surface area (Å²) in [5.41, 5.74) is 4.65. The Bertz CT molecular complexity index is 810. The molecule has 0 saturated carbocycles. The van der Waals surface area contributed by atoms with Crippen LogP contribution >= 0.6 is 0 Å². The van der Waals surface area contributed by atoms with Crippen LogP contribution in [0.15, 0.2) is 54.7 Å². The zero-order chi connectivity index (χ0) is 17.6. The topological polar surface area (TPSA) is 53.9 Å². The third-order valence-corrected chi connectivity index (χ3v) is 4.27. The minimum absolute atomic E-state index is 0.510. The first-order valence-corrected chi connectivity index (χ1v) is 8.59. The largest absolute Gasteiger partial charge is 0.328 e. The molecule has 0 aliphatic rings. The van der Waals surface area contributed by atoms with Crippen LogP contribution in [0.25, 0.3) is 0 Å². The minimum Gasteiger partial charge on any atom is -0.328 e. The predicted molar refractivity (Wildman–Crippen MR) is 103 cm³/mol. The molecule has 0 atom stereocenters. The van der Waals surface area contributed by atoms with Gasteiger partial charge >= 0.3 is 0 Å². The molecule has 0 saturated heterocycles. The Morgan fingerprint density at radius 2 is 1.60 bits per heavy atom. The highest BCUT2D eigenvalue weighted by atomic mass is 15.3. The van der Waals surface area contributed by atoms with E-state index < -0.39 is 0 Å². The van der Waals surface area contributed by atoms with Crippen molar-refractivity contribution in [3.8, 4) is 0 Å². The molecular weight excluding hydrogens is 310 g/mol. The molecular formula is C20H23N5. The summed E-state index contributed by atoms with van der Waals surface area (Å²) >= 11 is 0. The van der Waals surface area contributed by atoms with E-state index in [1.54, 1.807) is 6.20 Å². The number of hydrogen-bond acceptors (Lipinski definition) is 5. The Kier molecular flexibility index (Phi) is 5.23. The molecule has 0 amide bonds. The third-order valence-electron chi connectivity index (χ3n) is 4.27. The van der Waals surface area contributed by atoms with E-state index in [1.165, 1.54) is 11.1 Å². The highest BCUT2D eigenvalue weighted by Crippen LogP contribution is 2.26. The Hall–Kier alpha value is -2.95. The summed E-state index contributed by atoms with van der Waals surface area (Å²) in [4.78, 5) is 6.63. The van der Waals surface area contributed by atoms with Crippen molar-refractivity contribution < 1.29 is 0 Å². The lowest BCUT2D eigenvalue weighted by molar-refractivity contribution is 0.953. The van der Waals surface area contributed by atoms with E-state index in [2.05, 4.69) is 52.5 Å². The molecule has 128 valence electrons. The van der Waals surface area contributed by atoms with Crippen LogP contribution in [0, 0.1) is 0 Å². The summed E-state index contributed by atoms with van der Waals surface area (Å²) in [5, 5.41) is 11.7. The van der Waals surface area contributed by atoms with E-state index >= 15 is 0 Å². The molecule has 3 aromatic rings. The second-order valence-corrected chi connectivity index (χ2v) is 5.82. The number of nitrogens with one attached hydrogen (secondary N) is 1. The number of para-hydroxylation sites is 2. The van der Waals surface area contributed by atoms with Crippen LogP contribution < -0.4 is 10.2 Å². The molecule has 0 fully saturated rings. The van der Waals surface area contributed by atoms with Gasteiger partial charge in [0.2, 0.25) is 5.95 Å². The average molecular weight is 333 g/mol. The number of benzene rings is 2. The van der Waals surface area contributed by atoms with E-state index in [0.29, 0.717) is 5.95 Å². The summed E-state index contributed by atoms with van der Waals surface area (Å²) < 4.78 is 0. The molecule has 0 aliphatic carbocycles.